The van der Waals surface area contributed by atoms with Crippen molar-refractivity contribution in [1.29, 1.82) is 0 Å². The number of ether oxygens (including phenoxy) is 2. The summed E-state index contributed by atoms with van der Waals surface area (Å²) in [5.74, 6) is 3.37. The maximum absolute atomic E-state index is 6.12. The number of aryl methyl sites for hydroxylation is 2. The zero-order valence-electron chi connectivity index (χ0n) is 16.6. The topological polar surface area (TPSA) is 50.4 Å². The maximum Gasteiger partial charge on any atom is 0.161 e. The molecule has 0 unspecified atom stereocenters. The van der Waals surface area contributed by atoms with E-state index in [4.69, 9.17) is 14.5 Å². The van der Waals surface area contributed by atoms with Crippen molar-refractivity contribution in [1.82, 2.24) is 14.9 Å². The number of nitrogens with zero attached hydrogens (tertiary/aromatic N) is 2. The number of aromatic nitrogens is 2. The van der Waals surface area contributed by atoms with E-state index in [9.17, 15) is 0 Å². The van der Waals surface area contributed by atoms with Crippen LogP contribution >= 0.6 is 0 Å². The van der Waals surface area contributed by atoms with E-state index in [1.807, 2.05) is 24.3 Å². The molecule has 1 saturated heterocycles. The molecule has 5 rings (SSSR count). The minimum atomic E-state index is 0.101. The van der Waals surface area contributed by atoms with Gasteiger partial charge in [0.15, 0.2) is 11.5 Å². The van der Waals surface area contributed by atoms with Crippen molar-refractivity contribution in [3.63, 3.8) is 0 Å². The van der Waals surface area contributed by atoms with E-state index < -0.39 is 0 Å². The highest BCUT2D eigenvalue weighted by atomic mass is 16.6. The monoisotopic (exact) mass is 377 g/mol. The Bertz CT molecular complexity index is 950. The van der Waals surface area contributed by atoms with Gasteiger partial charge in [-0.25, -0.2) is 4.98 Å². The minimum absolute atomic E-state index is 0.101. The Morgan fingerprint density at radius 2 is 1.82 bits per heavy atom. The summed E-state index contributed by atoms with van der Waals surface area (Å²) in [4.78, 5) is 10.9. The molecule has 1 fully saturated rings. The smallest absolute Gasteiger partial charge is 0.161 e. The number of rotatable bonds is 3. The summed E-state index contributed by atoms with van der Waals surface area (Å²) in [5.41, 5.74) is 4.87. The second-order valence-corrected chi connectivity index (χ2v) is 8.15. The van der Waals surface area contributed by atoms with Crippen LogP contribution in [0, 0.1) is 13.8 Å². The number of nitrogens with one attached hydrogen (secondary N) is 1. The van der Waals surface area contributed by atoms with Gasteiger partial charge in [-0.05, 0) is 75.2 Å². The Morgan fingerprint density at radius 3 is 2.64 bits per heavy atom. The molecule has 5 heteroatoms. The van der Waals surface area contributed by atoms with Crippen LogP contribution in [-0.4, -0.2) is 47.2 Å². The first-order valence-electron chi connectivity index (χ1n) is 10.2. The third-order valence-corrected chi connectivity index (χ3v) is 6.12. The average molecular weight is 377 g/mol. The Morgan fingerprint density at radius 1 is 1.07 bits per heavy atom. The van der Waals surface area contributed by atoms with E-state index in [0.29, 0.717) is 12.5 Å². The molecular formula is C23H27N3O2. The highest BCUT2D eigenvalue weighted by Gasteiger charge is 2.27. The van der Waals surface area contributed by atoms with Crippen LogP contribution in [0.15, 0.2) is 36.4 Å². The lowest BCUT2D eigenvalue weighted by Gasteiger charge is -2.35. The number of hydrogen-bond donors (Lipinski definition) is 1. The summed E-state index contributed by atoms with van der Waals surface area (Å²) < 4.78 is 12.0. The molecule has 0 radical (unpaired) electrons. The molecule has 2 aromatic carbocycles. The van der Waals surface area contributed by atoms with Crippen molar-refractivity contribution in [3.8, 4) is 11.5 Å². The van der Waals surface area contributed by atoms with Gasteiger partial charge in [-0.3, -0.25) is 4.90 Å². The van der Waals surface area contributed by atoms with Crippen LogP contribution in [0.25, 0.3) is 11.0 Å². The molecule has 0 bridgehead atoms. The number of benzene rings is 2. The normalized spacial score (nSPS) is 20.6. The standard InChI is InChI=1S/C23H27N3O2/c1-15-11-19-20(12-16(15)2)25-23(24-19)17-7-9-26(10-8-17)13-18-14-27-21-5-3-4-6-22(21)28-18/h3-6,11-12,17-18H,7-10,13-14H2,1-2H3,(H,24,25)/t18-/m0/s1. The Labute approximate surface area is 165 Å². The largest absolute Gasteiger partial charge is 0.486 e. The molecule has 0 saturated carbocycles. The molecule has 28 heavy (non-hydrogen) atoms. The van der Waals surface area contributed by atoms with Gasteiger partial charge in [0, 0.05) is 12.5 Å². The van der Waals surface area contributed by atoms with Gasteiger partial charge in [-0.2, -0.15) is 0 Å². The van der Waals surface area contributed by atoms with Crippen molar-refractivity contribution in [2.75, 3.05) is 26.2 Å². The zero-order valence-corrected chi connectivity index (χ0v) is 16.6. The fourth-order valence-corrected chi connectivity index (χ4v) is 4.31. The van der Waals surface area contributed by atoms with E-state index in [2.05, 4.69) is 35.9 Å². The number of hydrogen-bond acceptors (Lipinski definition) is 4. The molecular weight excluding hydrogens is 350 g/mol. The fraction of sp³-hybridized carbons (Fsp3) is 0.435. The Kier molecular flexibility index (Phi) is 4.47. The lowest BCUT2D eigenvalue weighted by molar-refractivity contribution is 0.0511. The molecule has 0 spiro atoms. The zero-order chi connectivity index (χ0) is 19.1. The average Bonchev–Trinajstić information content (AvgIpc) is 3.11. The van der Waals surface area contributed by atoms with Gasteiger partial charge < -0.3 is 14.5 Å². The number of likely N-dealkylation sites (tertiary alicyclic amines) is 1. The van der Waals surface area contributed by atoms with Gasteiger partial charge in [0.2, 0.25) is 0 Å². The van der Waals surface area contributed by atoms with Crippen molar-refractivity contribution in [3.05, 3.63) is 53.3 Å². The van der Waals surface area contributed by atoms with Crippen molar-refractivity contribution < 1.29 is 9.47 Å². The van der Waals surface area contributed by atoms with Crippen LogP contribution in [0.4, 0.5) is 0 Å². The van der Waals surface area contributed by atoms with E-state index in [-0.39, 0.29) is 6.10 Å². The summed E-state index contributed by atoms with van der Waals surface area (Å²) in [5, 5.41) is 0. The van der Waals surface area contributed by atoms with Gasteiger partial charge in [0.05, 0.1) is 11.0 Å². The van der Waals surface area contributed by atoms with E-state index >= 15 is 0 Å². The van der Waals surface area contributed by atoms with Crippen LogP contribution in [0.2, 0.25) is 0 Å². The van der Waals surface area contributed by atoms with Gasteiger partial charge >= 0.3 is 0 Å². The summed E-state index contributed by atoms with van der Waals surface area (Å²) in [6, 6.07) is 12.3. The first-order valence-corrected chi connectivity index (χ1v) is 10.2. The van der Waals surface area contributed by atoms with E-state index in [1.54, 1.807) is 0 Å². The first kappa shape index (κ1) is 17.6. The summed E-state index contributed by atoms with van der Waals surface area (Å²) in [6.45, 7) is 7.99. The van der Waals surface area contributed by atoms with Crippen molar-refractivity contribution >= 4 is 11.0 Å². The van der Waals surface area contributed by atoms with Crippen LogP contribution in [-0.2, 0) is 0 Å². The third-order valence-electron chi connectivity index (χ3n) is 6.12. The fourth-order valence-electron chi connectivity index (χ4n) is 4.31. The number of H-pyrrole nitrogens is 1. The quantitative estimate of drug-likeness (QED) is 0.743. The number of aromatic amines is 1. The predicted octanol–water partition coefficient (Wildman–Crippen LogP) is 4.20. The molecule has 0 amide bonds. The van der Waals surface area contributed by atoms with Gasteiger partial charge in [0.1, 0.15) is 18.5 Å². The number of para-hydroxylation sites is 2. The molecule has 1 N–H and O–H groups in total. The van der Waals surface area contributed by atoms with Gasteiger partial charge in [-0.15, -0.1) is 0 Å². The molecule has 2 aliphatic heterocycles. The van der Waals surface area contributed by atoms with Gasteiger partial charge in [0.25, 0.3) is 0 Å². The van der Waals surface area contributed by atoms with Crippen molar-refractivity contribution in [2.24, 2.45) is 0 Å². The highest BCUT2D eigenvalue weighted by Crippen LogP contribution is 2.32. The van der Waals surface area contributed by atoms with E-state index in [1.165, 1.54) is 11.1 Å². The lowest BCUT2D eigenvalue weighted by atomic mass is 9.96. The second kappa shape index (κ2) is 7.13. The Hall–Kier alpha value is -2.53. The summed E-state index contributed by atoms with van der Waals surface area (Å²) in [6.07, 6.45) is 2.35. The number of piperidine rings is 1. The summed E-state index contributed by atoms with van der Waals surface area (Å²) >= 11 is 0. The predicted molar refractivity (Wildman–Crippen MR) is 110 cm³/mol. The molecule has 1 aromatic heterocycles. The maximum atomic E-state index is 6.12. The SMILES string of the molecule is Cc1cc2nc(C3CCN(C[C@H]4COc5ccccc5O4)CC3)[nH]c2cc1C. The number of fused-ring (bicyclic) bond motifs is 2. The first-order chi connectivity index (χ1) is 13.7. The van der Waals surface area contributed by atoms with Crippen LogP contribution in [0.1, 0.15) is 35.7 Å². The molecule has 0 aliphatic carbocycles. The third kappa shape index (κ3) is 3.35. The highest BCUT2D eigenvalue weighted by molar-refractivity contribution is 5.77. The van der Waals surface area contributed by atoms with E-state index in [0.717, 1.165) is 60.8 Å². The van der Waals surface area contributed by atoms with Crippen LogP contribution < -0.4 is 9.47 Å². The Balaban J connectivity index is 1.20. The van der Waals surface area contributed by atoms with Crippen LogP contribution in [0.3, 0.4) is 0 Å². The van der Waals surface area contributed by atoms with Gasteiger partial charge in [-0.1, -0.05) is 12.1 Å². The molecule has 5 nitrogen and oxygen atoms in total. The summed E-state index contributed by atoms with van der Waals surface area (Å²) in [7, 11) is 0. The molecule has 146 valence electrons. The molecule has 2 aliphatic rings. The van der Waals surface area contributed by atoms with Crippen LogP contribution in [0.5, 0.6) is 11.5 Å². The molecule has 3 aromatic rings. The van der Waals surface area contributed by atoms with Crippen molar-refractivity contribution in [2.45, 2.75) is 38.7 Å². The molecule has 3 heterocycles. The second-order valence-electron chi connectivity index (χ2n) is 8.15. The minimum Gasteiger partial charge on any atom is -0.486 e. The number of imidazole rings is 1. The molecule has 1 atom stereocenters. The lowest BCUT2D eigenvalue weighted by Crippen LogP contribution is -2.44.